The van der Waals surface area contributed by atoms with Crippen molar-refractivity contribution in [1.82, 2.24) is 24.6 Å². The van der Waals surface area contributed by atoms with E-state index in [0.29, 0.717) is 30.2 Å². The number of amides is 1. The highest BCUT2D eigenvalue weighted by Gasteiger charge is 2.51. The Morgan fingerprint density at radius 3 is 2.58 bits per heavy atom. The van der Waals surface area contributed by atoms with Crippen molar-refractivity contribution < 1.29 is 13.6 Å². The van der Waals surface area contributed by atoms with Crippen molar-refractivity contribution in [2.45, 2.75) is 44.3 Å². The van der Waals surface area contributed by atoms with E-state index in [2.05, 4.69) is 15.4 Å². The lowest BCUT2D eigenvalue weighted by atomic mass is 9.69. The number of piperidine rings is 1. The van der Waals surface area contributed by atoms with Gasteiger partial charge in [-0.15, -0.1) is 0 Å². The average Bonchev–Trinajstić information content (AvgIpc) is 3.35. The summed E-state index contributed by atoms with van der Waals surface area (Å²) in [5, 5.41) is 5.98. The lowest BCUT2D eigenvalue weighted by Crippen LogP contribution is -2.57. The summed E-state index contributed by atoms with van der Waals surface area (Å²) in [5.74, 6) is -0.928. The Balaban J connectivity index is 1.62. The molecule has 1 fully saturated rings. The van der Waals surface area contributed by atoms with Crippen LogP contribution in [0.5, 0.6) is 0 Å². The molecule has 0 saturated carbocycles. The number of benzene rings is 2. The second kappa shape index (κ2) is 10.2. The summed E-state index contributed by atoms with van der Waals surface area (Å²) in [6, 6.07) is 15.7. The molecule has 3 heterocycles. The molecular weight excluding hydrogens is 490 g/mol. The molecular formula is C28H28F2N6O2. The Kier molecular flexibility index (Phi) is 6.79. The molecule has 10 heteroatoms. The monoisotopic (exact) mass is 518 g/mol. The number of likely N-dealkylation sites (tertiary alicyclic amines) is 1. The number of aromatic nitrogens is 4. The van der Waals surface area contributed by atoms with Gasteiger partial charge in [-0.25, -0.2) is 18.7 Å². The summed E-state index contributed by atoms with van der Waals surface area (Å²) >= 11 is 0. The number of carbonyl (C=O) groups excluding carboxylic acids is 1. The van der Waals surface area contributed by atoms with Crippen molar-refractivity contribution in [3.8, 4) is 0 Å². The molecule has 0 radical (unpaired) electrons. The molecule has 196 valence electrons. The zero-order chi connectivity index (χ0) is 26.9. The summed E-state index contributed by atoms with van der Waals surface area (Å²) in [7, 11) is 0. The third-order valence-corrected chi connectivity index (χ3v) is 7.31. The van der Waals surface area contributed by atoms with E-state index >= 15 is 0 Å². The van der Waals surface area contributed by atoms with Crippen molar-refractivity contribution in [2.75, 3.05) is 11.9 Å². The normalized spacial score (nSPS) is 21.3. The number of nitrogens with one attached hydrogen (secondary N) is 2. The second-order valence-corrected chi connectivity index (χ2v) is 9.62. The van der Waals surface area contributed by atoms with Gasteiger partial charge in [0.1, 0.15) is 11.6 Å². The van der Waals surface area contributed by atoms with Crippen LogP contribution < -0.4 is 10.9 Å². The second-order valence-electron chi connectivity index (χ2n) is 9.62. The molecule has 3 unspecified atom stereocenters. The van der Waals surface area contributed by atoms with Crippen LogP contribution in [0.3, 0.4) is 0 Å². The first kappa shape index (κ1) is 25.3. The minimum absolute atomic E-state index is 0.0804. The van der Waals surface area contributed by atoms with Crippen molar-refractivity contribution in [3.63, 3.8) is 0 Å². The maximum atomic E-state index is 14.1. The van der Waals surface area contributed by atoms with Gasteiger partial charge < -0.3 is 10.2 Å². The summed E-state index contributed by atoms with van der Waals surface area (Å²) in [6.45, 7) is 3.97. The number of nitrogens with zero attached hydrogens (tertiary/aromatic N) is 4. The third-order valence-electron chi connectivity index (χ3n) is 7.31. The van der Waals surface area contributed by atoms with E-state index in [4.69, 9.17) is 4.98 Å². The molecule has 2 aromatic carbocycles. The van der Waals surface area contributed by atoms with Crippen LogP contribution in [0.25, 0.3) is 0 Å². The number of rotatable bonds is 6. The van der Waals surface area contributed by atoms with Crippen LogP contribution in [-0.2, 0) is 16.9 Å². The van der Waals surface area contributed by atoms with E-state index in [1.54, 1.807) is 58.4 Å². The van der Waals surface area contributed by atoms with Gasteiger partial charge in [-0.2, -0.15) is 0 Å². The van der Waals surface area contributed by atoms with Gasteiger partial charge in [0.25, 0.3) is 5.56 Å². The Hall–Kier alpha value is -4.34. The van der Waals surface area contributed by atoms with Crippen LogP contribution in [0, 0.1) is 11.6 Å². The molecule has 0 spiro atoms. The molecule has 1 aliphatic heterocycles. The van der Waals surface area contributed by atoms with Gasteiger partial charge >= 0.3 is 0 Å². The first-order valence-corrected chi connectivity index (χ1v) is 12.4. The van der Waals surface area contributed by atoms with E-state index in [-0.39, 0.29) is 35.7 Å². The van der Waals surface area contributed by atoms with Crippen LogP contribution in [0.4, 0.5) is 14.7 Å². The fourth-order valence-corrected chi connectivity index (χ4v) is 5.51. The molecule has 2 aromatic heterocycles. The first-order chi connectivity index (χ1) is 18.3. The molecule has 0 aliphatic carbocycles. The van der Waals surface area contributed by atoms with Gasteiger partial charge in [0.2, 0.25) is 11.9 Å². The molecule has 2 N–H and O–H groups in total. The molecule has 8 nitrogen and oxygen atoms in total. The molecule has 5 rings (SSSR count). The zero-order valence-electron chi connectivity index (χ0n) is 21.1. The minimum atomic E-state index is -0.890. The number of carbonyl (C=O) groups is 1. The number of aromatic amines is 1. The standard InChI is InChI=1S/C28H28F2N6O2/c1-18-15-28(36-14-12-26(38)34-36,21-7-9-22(29)10-8-21)23(17-35(18)19(2)37)25-11-13-31-27(33-25)32-16-20-5-3-4-6-24(20)30/h3-14,18,23H,15-17H2,1-2H3,(H,34,38)(H,31,32,33). The number of hydrogen-bond acceptors (Lipinski definition) is 5. The SMILES string of the molecule is CC(=O)N1CC(c2ccnc(NCc3ccccc3F)n2)C(c2ccc(F)cc2)(n2ccc(=O)[nH]2)CC1C. The van der Waals surface area contributed by atoms with Gasteiger partial charge in [-0.05, 0) is 43.2 Å². The highest BCUT2D eigenvalue weighted by molar-refractivity contribution is 5.74. The highest BCUT2D eigenvalue weighted by Crippen LogP contribution is 2.47. The smallest absolute Gasteiger partial charge is 0.264 e. The fraction of sp³-hybridized carbons (Fsp3) is 0.286. The Bertz CT molecular complexity index is 1500. The maximum Gasteiger partial charge on any atom is 0.264 e. The maximum absolute atomic E-state index is 14.1. The van der Waals surface area contributed by atoms with Crippen LogP contribution in [-0.4, -0.2) is 43.1 Å². The first-order valence-electron chi connectivity index (χ1n) is 12.4. The number of hydrogen-bond donors (Lipinski definition) is 2. The van der Waals surface area contributed by atoms with Crippen molar-refractivity contribution >= 4 is 11.9 Å². The predicted octanol–water partition coefficient (Wildman–Crippen LogP) is 4.02. The number of halogens is 2. The Labute approximate surface area is 218 Å². The van der Waals surface area contributed by atoms with E-state index < -0.39 is 11.5 Å². The van der Waals surface area contributed by atoms with Crippen LogP contribution in [0.1, 0.15) is 43.0 Å². The quantitative estimate of drug-likeness (QED) is 0.402. The lowest BCUT2D eigenvalue weighted by molar-refractivity contribution is -0.134. The van der Waals surface area contributed by atoms with Gasteiger partial charge in [0.05, 0.1) is 11.2 Å². The average molecular weight is 519 g/mol. The van der Waals surface area contributed by atoms with Crippen molar-refractivity contribution in [3.05, 3.63) is 112 Å². The van der Waals surface area contributed by atoms with E-state index in [0.717, 1.165) is 5.56 Å². The van der Waals surface area contributed by atoms with Crippen LogP contribution >= 0.6 is 0 Å². The minimum Gasteiger partial charge on any atom is -0.350 e. The number of H-pyrrole nitrogens is 1. The predicted molar refractivity (Wildman–Crippen MR) is 138 cm³/mol. The Morgan fingerprint density at radius 2 is 1.89 bits per heavy atom. The fourth-order valence-electron chi connectivity index (χ4n) is 5.51. The third kappa shape index (κ3) is 4.69. The van der Waals surface area contributed by atoms with Gasteiger partial charge in [-0.3, -0.25) is 19.4 Å². The van der Waals surface area contributed by atoms with Crippen molar-refractivity contribution in [2.24, 2.45) is 0 Å². The summed E-state index contributed by atoms with van der Waals surface area (Å²) in [4.78, 5) is 35.8. The molecule has 3 atom stereocenters. The topological polar surface area (TPSA) is 95.9 Å². The molecule has 0 bridgehead atoms. The highest BCUT2D eigenvalue weighted by atomic mass is 19.1. The van der Waals surface area contributed by atoms with E-state index in [1.807, 2.05) is 6.92 Å². The lowest BCUT2D eigenvalue weighted by Gasteiger charge is -2.51. The summed E-state index contributed by atoms with van der Waals surface area (Å²) in [5.41, 5.74) is 0.695. The van der Waals surface area contributed by atoms with Crippen LogP contribution in [0.15, 0.2) is 77.9 Å². The molecule has 38 heavy (non-hydrogen) atoms. The van der Waals surface area contributed by atoms with Gasteiger partial charge in [0.15, 0.2) is 0 Å². The Morgan fingerprint density at radius 1 is 1.13 bits per heavy atom. The number of anilines is 1. The largest absolute Gasteiger partial charge is 0.350 e. The molecule has 1 amide bonds. The molecule has 1 aliphatic rings. The summed E-state index contributed by atoms with van der Waals surface area (Å²) < 4.78 is 29.9. The van der Waals surface area contributed by atoms with E-state index in [1.165, 1.54) is 31.2 Å². The van der Waals surface area contributed by atoms with Gasteiger partial charge in [0, 0.05) is 56.0 Å². The zero-order valence-corrected chi connectivity index (χ0v) is 21.1. The summed E-state index contributed by atoms with van der Waals surface area (Å²) in [6.07, 6.45) is 3.72. The van der Waals surface area contributed by atoms with E-state index in [9.17, 15) is 18.4 Å². The molecule has 1 saturated heterocycles. The van der Waals surface area contributed by atoms with Crippen molar-refractivity contribution in [1.29, 1.82) is 0 Å². The van der Waals surface area contributed by atoms with Gasteiger partial charge in [-0.1, -0.05) is 30.3 Å². The van der Waals surface area contributed by atoms with Crippen LogP contribution in [0.2, 0.25) is 0 Å². The molecule has 4 aromatic rings.